The van der Waals surface area contributed by atoms with Crippen LogP contribution >= 0.6 is 0 Å². The third-order valence-electron chi connectivity index (χ3n) is 3.18. The van der Waals surface area contributed by atoms with Crippen LogP contribution in [0.4, 0.5) is 13.2 Å². The molecule has 20 heavy (non-hydrogen) atoms. The van der Waals surface area contributed by atoms with Crippen molar-refractivity contribution < 1.29 is 18.0 Å². The molecule has 0 bridgehead atoms. The topological polar surface area (TPSA) is 17.1 Å². The summed E-state index contributed by atoms with van der Waals surface area (Å²) in [5.74, 6) is 0. The number of halogens is 3. The van der Waals surface area contributed by atoms with Crippen LogP contribution in [-0.4, -0.2) is 6.29 Å². The van der Waals surface area contributed by atoms with Crippen molar-refractivity contribution in [3.05, 3.63) is 58.7 Å². The molecule has 0 radical (unpaired) electrons. The Morgan fingerprint density at radius 1 is 0.950 bits per heavy atom. The largest absolute Gasteiger partial charge is 0.416 e. The maximum Gasteiger partial charge on any atom is 0.416 e. The molecule has 0 aliphatic rings. The molecular formula is C16H13F3O. The van der Waals surface area contributed by atoms with Crippen LogP contribution in [0.2, 0.25) is 0 Å². The second kappa shape index (κ2) is 5.12. The highest BCUT2D eigenvalue weighted by Crippen LogP contribution is 2.34. The van der Waals surface area contributed by atoms with Gasteiger partial charge in [-0.05, 0) is 42.7 Å². The molecule has 0 saturated carbocycles. The second-order valence-corrected chi connectivity index (χ2v) is 4.74. The Balaban J connectivity index is 2.60. The molecule has 0 heterocycles. The summed E-state index contributed by atoms with van der Waals surface area (Å²) in [6.45, 7) is 3.80. The van der Waals surface area contributed by atoms with E-state index in [-0.39, 0.29) is 5.56 Å². The van der Waals surface area contributed by atoms with Crippen LogP contribution in [-0.2, 0) is 6.18 Å². The van der Waals surface area contributed by atoms with Gasteiger partial charge in [-0.15, -0.1) is 0 Å². The molecule has 104 valence electrons. The SMILES string of the molecule is Cc1ccc(-c2ccc(C(F)(F)F)cc2C=O)c(C)c1. The summed E-state index contributed by atoms with van der Waals surface area (Å²) in [6, 6.07) is 8.86. The highest BCUT2D eigenvalue weighted by molar-refractivity contribution is 5.88. The predicted octanol–water partition coefficient (Wildman–Crippen LogP) is 4.80. The fraction of sp³-hybridized carbons (Fsp3) is 0.188. The van der Waals surface area contributed by atoms with Crippen molar-refractivity contribution in [2.45, 2.75) is 20.0 Å². The van der Waals surface area contributed by atoms with Crippen molar-refractivity contribution in [3.8, 4) is 11.1 Å². The zero-order valence-corrected chi connectivity index (χ0v) is 11.1. The van der Waals surface area contributed by atoms with E-state index in [4.69, 9.17) is 0 Å². The lowest BCUT2D eigenvalue weighted by Gasteiger charge is -2.12. The molecule has 2 aromatic rings. The zero-order chi connectivity index (χ0) is 14.9. The molecule has 0 atom stereocenters. The first-order chi connectivity index (χ1) is 9.32. The van der Waals surface area contributed by atoms with E-state index >= 15 is 0 Å². The molecule has 0 amide bonds. The number of carbonyl (C=O) groups is 1. The molecule has 0 saturated heterocycles. The lowest BCUT2D eigenvalue weighted by Crippen LogP contribution is -2.06. The number of aryl methyl sites for hydroxylation is 2. The Morgan fingerprint density at radius 3 is 2.15 bits per heavy atom. The van der Waals surface area contributed by atoms with E-state index in [1.165, 1.54) is 6.07 Å². The molecule has 0 N–H and O–H groups in total. The van der Waals surface area contributed by atoms with Gasteiger partial charge in [0.15, 0.2) is 6.29 Å². The monoisotopic (exact) mass is 278 g/mol. The quantitative estimate of drug-likeness (QED) is 0.721. The van der Waals surface area contributed by atoms with E-state index in [0.29, 0.717) is 11.8 Å². The van der Waals surface area contributed by atoms with Crippen molar-refractivity contribution in [1.82, 2.24) is 0 Å². The van der Waals surface area contributed by atoms with Gasteiger partial charge in [0.2, 0.25) is 0 Å². The van der Waals surface area contributed by atoms with Crippen LogP contribution in [0, 0.1) is 13.8 Å². The van der Waals surface area contributed by atoms with Crippen LogP contribution in [0.15, 0.2) is 36.4 Å². The van der Waals surface area contributed by atoms with Crippen molar-refractivity contribution in [3.63, 3.8) is 0 Å². The molecule has 2 rings (SSSR count). The first kappa shape index (κ1) is 14.3. The first-order valence-corrected chi connectivity index (χ1v) is 6.07. The Hall–Kier alpha value is -2.10. The summed E-state index contributed by atoms with van der Waals surface area (Å²) < 4.78 is 38.0. The minimum Gasteiger partial charge on any atom is -0.298 e. The Morgan fingerprint density at radius 2 is 1.60 bits per heavy atom. The van der Waals surface area contributed by atoms with E-state index in [1.807, 2.05) is 32.0 Å². The van der Waals surface area contributed by atoms with Crippen LogP contribution < -0.4 is 0 Å². The van der Waals surface area contributed by atoms with Gasteiger partial charge in [0.25, 0.3) is 0 Å². The fourth-order valence-electron chi connectivity index (χ4n) is 2.20. The lowest BCUT2D eigenvalue weighted by molar-refractivity contribution is -0.137. The summed E-state index contributed by atoms with van der Waals surface area (Å²) in [7, 11) is 0. The molecule has 0 unspecified atom stereocenters. The van der Waals surface area contributed by atoms with Gasteiger partial charge < -0.3 is 0 Å². The van der Waals surface area contributed by atoms with Crippen molar-refractivity contribution in [2.75, 3.05) is 0 Å². The van der Waals surface area contributed by atoms with Gasteiger partial charge in [0, 0.05) is 5.56 Å². The van der Waals surface area contributed by atoms with E-state index in [0.717, 1.165) is 28.8 Å². The van der Waals surface area contributed by atoms with Crippen LogP contribution in [0.25, 0.3) is 11.1 Å². The fourth-order valence-corrected chi connectivity index (χ4v) is 2.20. The van der Waals surface area contributed by atoms with E-state index < -0.39 is 11.7 Å². The van der Waals surface area contributed by atoms with Gasteiger partial charge in [0.1, 0.15) is 0 Å². The van der Waals surface area contributed by atoms with Crippen LogP contribution in [0.5, 0.6) is 0 Å². The predicted molar refractivity (Wildman–Crippen MR) is 71.7 cm³/mol. The number of hydrogen-bond donors (Lipinski definition) is 0. The van der Waals surface area contributed by atoms with Crippen molar-refractivity contribution in [2.24, 2.45) is 0 Å². The second-order valence-electron chi connectivity index (χ2n) is 4.74. The van der Waals surface area contributed by atoms with E-state index in [1.54, 1.807) is 0 Å². The van der Waals surface area contributed by atoms with Crippen molar-refractivity contribution >= 4 is 6.29 Å². The number of alkyl halides is 3. The molecule has 1 nitrogen and oxygen atoms in total. The highest BCUT2D eigenvalue weighted by atomic mass is 19.4. The Labute approximate surface area is 115 Å². The van der Waals surface area contributed by atoms with E-state index in [2.05, 4.69) is 0 Å². The van der Waals surface area contributed by atoms with E-state index in [9.17, 15) is 18.0 Å². The molecule has 4 heteroatoms. The minimum atomic E-state index is -4.45. The van der Waals surface area contributed by atoms with Gasteiger partial charge in [-0.1, -0.05) is 29.8 Å². The van der Waals surface area contributed by atoms with Crippen LogP contribution in [0.3, 0.4) is 0 Å². The summed E-state index contributed by atoms with van der Waals surface area (Å²) in [5, 5.41) is 0. The first-order valence-electron chi connectivity index (χ1n) is 6.07. The number of hydrogen-bond acceptors (Lipinski definition) is 1. The third kappa shape index (κ3) is 2.74. The molecule has 0 aliphatic heterocycles. The van der Waals surface area contributed by atoms with Crippen molar-refractivity contribution in [1.29, 1.82) is 0 Å². The molecule has 0 fully saturated rings. The molecule has 0 spiro atoms. The Kier molecular flexibility index (Phi) is 3.66. The summed E-state index contributed by atoms with van der Waals surface area (Å²) >= 11 is 0. The van der Waals surface area contributed by atoms with Gasteiger partial charge in [-0.25, -0.2) is 0 Å². The average molecular weight is 278 g/mol. The maximum atomic E-state index is 12.7. The maximum absolute atomic E-state index is 12.7. The average Bonchev–Trinajstić information content (AvgIpc) is 2.37. The Bertz CT molecular complexity index is 657. The number of carbonyl (C=O) groups excluding carboxylic acids is 1. The number of aldehydes is 1. The lowest BCUT2D eigenvalue weighted by atomic mass is 9.94. The summed E-state index contributed by atoms with van der Waals surface area (Å²) in [4.78, 5) is 11.1. The standard InChI is InChI=1S/C16H13F3O/c1-10-3-5-14(11(2)7-10)15-6-4-13(16(17,18)19)8-12(15)9-20/h3-9H,1-2H3. The number of benzene rings is 2. The summed E-state index contributed by atoms with van der Waals surface area (Å²) in [6.07, 6.45) is -3.98. The highest BCUT2D eigenvalue weighted by Gasteiger charge is 2.31. The van der Waals surface area contributed by atoms with Crippen LogP contribution in [0.1, 0.15) is 27.0 Å². The molecule has 2 aromatic carbocycles. The van der Waals surface area contributed by atoms with Gasteiger partial charge in [0.05, 0.1) is 5.56 Å². The molecular weight excluding hydrogens is 265 g/mol. The normalized spacial score (nSPS) is 11.4. The molecule has 0 aromatic heterocycles. The summed E-state index contributed by atoms with van der Waals surface area (Å²) in [5.41, 5.74) is 2.51. The van der Waals surface area contributed by atoms with Gasteiger partial charge in [-0.2, -0.15) is 13.2 Å². The smallest absolute Gasteiger partial charge is 0.298 e. The third-order valence-corrected chi connectivity index (χ3v) is 3.18. The van der Waals surface area contributed by atoms with Gasteiger partial charge in [-0.3, -0.25) is 4.79 Å². The zero-order valence-electron chi connectivity index (χ0n) is 11.1. The minimum absolute atomic E-state index is 0.0479. The van der Waals surface area contributed by atoms with Gasteiger partial charge >= 0.3 is 6.18 Å². The number of rotatable bonds is 2. The molecule has 0 aliphatic carbocycles.